The Morgan fingerprint density at radius 3 is 2.79 bits per heavy atom. The Morgan fingerprint density at radius 1 is 1.29 bits per heavy atom. The van der Waals surface area contributed by atoms with Gasteiger partial charge in [0.15, 0.2) is 0 Å². The Morgan fingerprint density at radius 2 is 2.07 bits per heavy atom. The number of hydrogen-bond donors (Lipinski definition) is 1. The van der Waals surface area contributed by atoms with Crippen molar-refractivity contribution in [1.82, 2.24) is 10.2 Å². The van der Waals surface area contributed by atoms with Gasteiger partial charge in [0, 0.05) is 18.6 Å². The normalized spacial score (nSPS) is 37.5. The van der Waals surface area contributed by atoms with Crippen LogP contribution in [0, 0.1) is 5.92 Å². The highest BCUT2D eigenvalue weighted by molar-refractivity contribution is 4.93. The van der Waals surface area contributed by atoms with E-state index >= 15 is 0 Å². The van der Waals surface area contributed by atoms with Crippen molar-refractivity contribution in [2.24, 2.45) is 5.92 Å². The molecule has 0 aromatic rings. The second kappa shape index (κ2) is 4.63. The Bertz CT molecular complexity index is 167. The lowest BCUT2D eigenvalue weighted by atomic mass is 9.85. The molecule has 1 saturated carbocycles. The molecular formula is C12H24N2. The first-order valence-corrected chi connectivity index (χ1v) is 6.24. The molecule has 2 heteroatoms. The number of likely N-dealkylation sites (N-methyl/N-ethyl adjacent to an activating group) is 1. The summed E-state index contributed by atoms with van der Waals surface area (Å²) in [7, 11) is 2.23. The smallest absolute Gasteiger partial charge is 0.0200 e. The number of hydrogen-bond acceptors (Lipinski definition) is 2. The highest BCUT2D eigenvalue weighted by Gasteiger charge is 2.34. The summed E-state index contributed by atoms with van der Waals surface area (Å²) in [4.78, 5) is 2.43. The molecular weight excluding hydrogens is 172 g/mol. The quantitative estimate of drug-likeness (QED) is 0.741. The summed E-state index contributed by atoms with van der Waals surface area (Å²) < 4.78 is 0. The van der Waals surface area contributed by atoms with Crippen molar-refractivity contribution in [1.29, 1.82) is 0 Å². The molecule has 0 amide bonds. The molecule has 0 radical (unpaired) electrons. The molecule has 1 N–H and O–H groups in total. The van der Waals surface area contributed by atoms with Gasteiger partial charge in [-0.05, 0) is 38.8 Å². The lowest BCUT2D eigenvalue weighted by Crippen LogP contribution is -2.39. The fourth-order valence-corrected chi connectivity index (χ4v) is 3.08. The van der Waals surface area contributed by atoms with Crippen molar-refractivity contribution in [3.63, 3.8) is 0 Å². The van der Waals surface area contributed by atoms with Crippen LogP contribution in [0.3, 0.4) is 0 Å². The number of nitrogens with zero attached hydrogens (tertiary/aromatic N) is 1. The first-order chi connectivity index (χ1) is 6.79. The SMILES string of the molecule is CCN(C)CC1CC2CCCCC2N1. The fourth-order valence-electron chi connectivity index (χ4n) is 3.08. The largest absolute Gasteiger partial charge is 0.310 e. The Hall–Kier alpha value is -0.0800. The maximum atomic E-state index is 3.82. The monoisotopic (exact) mass is 196 g/mol. The predicted octanol–water partition coefficient (Wildman–Crippen LogP) is 1.86. The minimum absolute atomic E-state index is 0.771. The number of nitrogens with one attached hydrogen (secondary N) is 1. The minimum Gasteiger partial charge on any atom is -0.310 e. The summed E-state index contributed by atoms with van der Waals surface area (Å²) in [6.45, 7) is 4.65. The van der Waals surface area contributed by atoms with Crippen molar-refractivity contribution in [3.8, 4) is 0 Å². The summed E-state index contributed by atoms with van der Waals surface area (Å²) in [6, 6.07) is 1.63. The molecule has 2 fully saturated rings. The topological polar surface area (TPSA) is 15.3 Å². The highest BCUT2D eigenvalue weighted by Crippen LogP contribution is 2.33. The van der Waals surface area contributed by atoms with Crippen LogP contribution in [0.15, 0.2) is 0 Å². The molecule has 2 nitrogen and oxygen atoms in total. The Kier molecular flexibility index (Phi) is 3.45. The van der Waals surface area contributed by atoms with Gasteiger partial charge in [0.1, 0.15) is 0 Å². The molecule has 3 atom stereocenters. The highest BCUT2D eigenvalue weighted by atomic mass is 15.1. The average Bonchev–Trinajstić information content (AvgIpc) is 2.59. The summed E-state index contributed by atoms with van der Waals surface area (Å²) in [5.74, 6) is 0.999. The van der Waals surface area contributed by atoms with Crippen molar-refractivity contribution in [2.75, 3.05) is 20.1 Å². The van der Waals surface area contributed by atoms with Gasteiger partial charge in [-0.2, -0.15) is 0 Å². The van der Waals surface area contributed by atoms with Crippen LogP contribution in [0.5, 0.6) is 0 Å². The first-order valence-electron chi connectivity index (χ1n) is 6.24. The molecule has 2 rings (SSSR count). The molecule has 0 spiro atoms. The molecule has 1 heterocycles. The van der Waals surface area contributed by atoms with Crippen molar-refractivity contribution < 1.29 is 0 Å². The van der Waals surface area contributed by atoms with E-state index in [0.29, 0.717) is 0 Å². The zero-order valence-electron chi connectivity index (χ0n) is 9.63. The van der Waals surface area contributed by atoms with E-state index in [-0.39, 0.29) is 0 Å². The van der Waals surface area contributed by atoms with Gasteiger partial charge < -0.3 is 10.2 Å². The maximum absolute atomic E-state index is 3.82. The second-order valence-electron chi connectivity index (χ2n) is 5.11. The van der Waals surface area contributed by atoms with Crippen molar-refractivity contribution >= 4 is 0 Å². The van der Waals surface area contributed by atoms with Gasteiger partial charge in [-0.25, -0.2) is 0 Å². The standard InChI is InChI=1S/C12H24N2/c1-3-14(2)9-11-8-10-6-4-5-7-12(10)13-11/h10-13H,3-9H2,1-2H3. The number of rotatable bonds is 3. The predicted molar refractivity (Wildman–Crippen MR) is 60.5 cm³/mol. The van der Waals surface area contributed by atoms with Crippen LogP contribution in [0.25, 0.3) is 0 Å². The van der Waals surface area contributed by atoms with E-state index in [4.69, 9.17) is 0 Å². The van der Waals surface area contributed by atoms with Gasteiger partial charge in [0.25, 0.3) is 0 Å². The molecule has 14 heavy (non-hydrogen) atoms. The van der Waals surface area contributed by atoms with Gasteiger partial charge in [-0.1, -0.05) is 19.8 Å². The molecule has 0 aromatic heterocycles. The third kappa shape index (κ3) is 2.29. The third-order valence-corrected chi connectivity index (χ3v) is 4.02. The van der Waals surface area contributed by atoms with E-state index in [0.717, 1.165) is 18.0 Å². The molecule has 2 aliphatic rings. The van der Waals surface area contributed by atoms with Gasteiger partial charge >= 0.3 is 0 Å². The van der Waals surface area contributed by atoms with Crippen LogP contribution < -0.4 is 5.32 Å². The van der Waals surface area contributed by atoms with Crippen LogP contribution in [-0.4, -0.2) is 37.1 Å². The van der Waals surface area contributed by atoms with E-state index in [1.54, 1.807) is 0 Å². The summed E-state index contributed by atoms with van der Waals surface area (Å²) >= 11 is 0. The van der Waals surface area contributed by atoms with Crippen molar-refractivity contribution in [2.45, 2.75) is 51.1 Å². The van der Waals surface area contributed by atoms with E-state index in [9.17, 15) is 0 Å². The zero-order valence-corrected chi connectivity index (χ0v) is 9.63. The van der Waals surface area contributed by atoms with Gasteiger partial charge in [0.2, 0.25) is 0 Å². The molecule has 3 unspecified atom stereocenters. The molecule has 1 aliphatic heterocycles. The number of fused-ring (bicyclic) bond motifs is 1. The average molecular weight is 196 g/mol. The van der Waals surface area contributed by atoms with Gasteiger partial charge in [0.05, 0.1) is 0 Å². The second-order valence-corrected chi connectivity index (χ2v) is 5.11. The summed E-state index contributed by atoms with van der Waals surface area (Å²) in [5.41, 5.74) is 0. The summed E-state index contributed by atoms with van der Waals surface area (Å²) in [6.07, 6.45) is 7.25. The molecule has 1 aliphatic carbocycles. The van der Waals surface area contributed by atoms with E-state index in [2.05, 4.69) is 24.2 Å². The fraction of sp³-hybridized carbons (Fsp3) is 1.00. The Labute approximate surface area is 88.1 Å². The van der Waals surface area contributed by atoms with Gasteiger partial charge in [-0.15, -0.1) is 0 Å². The summed E-state index contributed by atoms with van der Waals surface area (Å²) in [5, 5.41) is 3.82. The first kappa shape index (κ1) is 10.4. The molecule has 82 valence electrons. The minimum atomic E-state index is 0.771. The van der Waals surface area contributed by atoms with Crippen LogP contribution in [-0.2, 0) is 0 Å². The van der Waals surface area contributed by atoms with E-state index < -0.39 is 0 Å². The van der Waals surface area contributed by atoms with E-state index in [1.807, 2.05) is 0 Å². The molecule has 0 aromatic carbocycles. The zero-order chi connectivity index (χ0) is 9.97. The lowest BCUT2D eigenvalue weighted by molar-refractivity contribution is 0.308. The van der Waals surface area contributed by atoms with Crippen LogP contribution in [0.2, 0.25) is 0 Å². The van der Waals surface area contributed by atoms with Crippen LogP contribution in [0.4, 0.5) is 0 Å². The van der Waals surface area contributed by atoms with E-state index in [1.165, 1.54) is 45.2 Å². The molecule has 0 bridgehead atoms. The van der Waals surface area contributed by atoms with Gasteiger partial charge in [-0.3, -0.25) is 0 Å². The third-order valence-electron chi connectivity index (χ3n) is 4.02. The van der Waals surface area contributed by atoms with Crippen molar-refractivity contribution in [3.05, 3.63) is 0 Å². The molecule has 1 saturated heterocycles. The van der Waals surface area contributed by atoms with Crippen LogP contribution in [0.1, 0.15) is 39.0 Å². The maximum Gasteiger partial charge on any atom is 0.0200 e. The lowest BCUT2D eigenvalue weighted by Gasteiger charge is -2.24. The Balaban J connectivity index is 1.80. The van der Waals surface area contributed by atoms with Crippen LogP contribution >= 0.6 is 0 Å².